The second-order valence-corrected chi connectivity index (χ2v) is 6.84. The Morgan fingerprint density at radius 3 is 2.95 bits per heavy atom. The van der Waals surface area contributed by atoms with E-state index in [0.29, 0.717) is 18.6 Å². The van der Waals surface area contributed by atoms with Crippen LogP contribution in [0.4, 0.5) is 5.69 Å². The first-order chi connectivity index (χ1) is 9.45. The van der Waals surface area contributed by atoms with Crippen molar-refractivity contribution in [3.05, 3.63) is 27.3 Å². The number of piperazine rings is 1. The maximum Gasteiger partial charge on any atom is 0.238 e. The topological polar surface area (TPSA) is 44.4 Å². The molecule has 2 rings (SSSR count). The van der Waals surface area contributed by atoms with Gasteiger partial charge in [-0.1, -0.05) is 0 Å². The van der Waals surface area contributed by atoms with E-state index in [1.54, 1.807) is 0 Å². The third kappa shape index (κ3) is 4.17. The number of carbonyl (C=O) groups is 1. The van der Waals surface area contributed by atoms with Gasteiger partial charge in [-0.3, -0.25) is 9.69 Å². The molecule has 0 spiro atoms. The highest BCUT2D eigenvalue weighted by Crippen LogP contribution is 2.18. The molecule has 2 unspecified atom stereocenters. The minimum absolute atomic E-state index is 0.0651. The number of benzene rings is 1. The molecule has 0 aliphatic carbocycles. The smallest absolute Gasteiger partial charge is 0.238 e. The number of anilines is 1. The van der Waals surface area contributed by atoms with E-state index in [0.717, 1.165) is 24.3 Å². The molecule has 1 fully saturated rings. The Morgan fingerprint density at radius 2 is 2.25 bits per heavy atom. The Kier molecular flexibility index (Phi) is 5.40. The predicted molar refractivity (Wildman–Crippen MR) is 91.0 cm³/mol. The van der Waals surface area contributed by atoms with Crippen LogP contribution in [0.3, 0.4) is 0 Å². The molecule has 4 nitrogen and oxygen atoms in total. The lowest BCUT2D eigenvalue weighted by atomic mass is 10.1. The molecule has 0 saturated carbocycles. The fourth-order valence-corrected chi connectivity index (χ4v) is 3.11. The summed E-state index contributed by atoms with van der Waals surface area (Å²) in [5.41, 5.74) is 2.01. The second-order valence-electron chi connectivity index (χ2n) is 5.60. The number of halogens is 1. The molecule has 1 aliphatic rings. The standard InChI is InChI=1S/C15H22IN3O/c1-10-6-13(16)4-5-14(10)18-15(20)9-19-8-11(2)17-7-12(19)3/h4-6,11-12,17H,7-9H2,1-3H3,(H,18,20). The number of nitrogens with one attached hydrogen (secondary N) is 2. The fraction of sp³-hybridized carbons (Fsp3) is 0.533. The first kappa shape index (κ1) is 15.7. The van der Waals surface area contributed by atoms with Gasteiger partial charge in [0, 0.05) is 34.4 Å². The lowest BCUT2D eigenvalue weighted by Gasteiger charge is -2.36. The molecule has 0 aromatic heterocycles. The van der Waals surface area contributed by atoms with Gasteiger partial charge >= 0.3 is 0 Å². The Morgan fingerprint density at radius 1 is 1.50 bits per heavy atom. The van der Waals surface area contributed by atoms with Crippen LogP contribution in [0.15, 0.2) is 18.2 Å². The highest BCUT2D eigenvalue weighted by molar-refractivity contribution is 14.1. The summed E-state index contributed by atoms with van der Waals surface area (Å²) in [6, 6.07) is 6.90. The molecule has 1 amide bonds. The fourth-order valence-electron chi connectivity index (χ4n) is 2.46. The van der Waals surface area contributed by atoms with Crippen LogP contribution in [-0.2, 0) is 4.79 Å². The lowest BCUT2D eigenvalue weighted by Crippen LogP contribution is -2.55. The molecule has 2 atom stereocenters. The van der Waals surface area contributed by atoms with Crippen LogP contribution in [0.25, 0.3) is 0 Å². The number of aryl methyl sites for hydroxylation is 1. The normalized spacial score (nSPS) is 23.6. The van der Waals surface area contributed by atoms with Crippen molar-refractivity contribution in [1.82, 2.24) is 10.2 Å². The summed E-state index contributed by atoms with van der Waals surface area (Å²) in [5, 5.41) is 6.44. The third-order valence-electron chi connectivity index (χ3n) is 3.70. The molecule has 1 heterocycles. The van der Waals surface area contributed by atoms with E-state index < -0.39 is 0 Å². The van der Waals surface area contributed by atoms with Gasteiger partial charge in [0.25, 0.3) is 0 Å². The molecular formula is C15H22IN3O. The Labute approximate surface area is 134 Å². The molecule has 1 aromatic rings. The van der Waals surface area contributed by atoms with Gasteiger partial charge < -0.3 is 10.6 Å². The zero-order chi connectivity index (χ0) is 14.7. The summed E-state index contributed by atoms with van der Waals surface area (Å²) in [6.07, 6.45) is 0. The van der Waals surface area contributed by atoms with E-state index in [4.69, 9.17) is 0 Å². The van der Waals surface area contributed by atoms with Crippen LogP contribution in [0, 0.1) is 10.5 Å². The van der Waals surface area contributed by atoms with Gasteiger partial charge in [-0.2, -0.15) is 0 Å². The predicted octanol–water partition coefficient (Wildman–Crippen LogP) is 2.22. The van der Waals surface area contributed by atoms with Crippen molar-refractivity contribution < 1.29 is 4.79 Å². The van der Waals surface area contributed by atoms with E-state index in [2.05, 4.69) is 58.0 Å². The van der Waals surface area contributed by atoms with E-state index in [9.17, 15) is 4.79 Å². The highest BCUT2D eigenvalue weighted by Gasteiger charge is 2.24. The van der Waals surface area contributed by atoms with Crippen molar-refractivity contribution >= 4 is 34.2 Å². The van der Waals surface area contributed by atoms with Gasteiger partial charge in [0.1, 0.15) is 0 Å². The number of hydrogen-bond acceptors (Lipinski definition) is 3. The van der Waals surface area contributed by atoms with Gasteiger partial charge in [0.05, 0.1) is 6.54 Å². The summed E-state index contributed by atoms with van der Waals surface area (Å²) in [5.74, 6) is 0.0651. The van der Waals surface area contributed by atoms with Crippen LogP contribution >= 0.6 is 22.6 Å². The van der Waals surface area contributed by atoms with Crippen LogP contribution in [-0.4, -0.2) is 42.5 Å². The Bertz CT molecular complexity index is 492. The highest BCUT2D eigenvalue weighted by atomic mass is 127. The summed E-state index contributed by atoms with van der Waals surface area (Å²) >= 11 is 2.28. The lowest BCUT2D eigenvalue weighted by molar-refractivity contribution is -0.118. The van der Waals surface area contributed by atoms with E-state index in [1.807, 2.05) is 19.1 Å². The SMILES string of the molecule is Cc1cc(I)ccc1NC(=O)CN1CC(C)NCC1C. The first-order valence-electron chi connectivity index (χ1n) is 6.99. The number of carbonyl (C=O) groups excluding carboxylic acids is 1. The number of hydrogen-bond donors (Lipinski definition) is 2. The first-order valence-corrected chi connectivity index (χ1v) is 8.07. The molecule has 1 aliphatic heterocycles. The van der Waals surface area contributed by atoms with Crippen molar-refractivity contribution in [2.75, 3.05) is 25.0 Å². The average molecular weight is 387 g/mol. The molecule has 1 saturated heterocycles. The van der Waals surface area contributed by atoms with Gasteiger partial charge in [-0.25, -0.2) is 0 Å². The molecular weight excluding hydrogens is 365 g/mol. The van der Waals surface area contributed by atoms with Crippen molar-refractivity contribution in [2.24, 2.45) is 0 Å². The van der Waals surface area contributed by atoms with Crippen LogP contribution in [0.5, 0.6) is 0 Å². The van der Waals surface area contributed by atoms with Gasteiger partial charge in [0.2, 0.25) is 5.91 Å². The van der Waals surface area contributed by atoms with Gasteiger partial charge in [-0.05, 0) is 67.1 Å². The Hall–Kier alpha value is -0.660. The van der Waals surface area contributed by atoms with Crippen molar-refractivity contribution in [1.29, 1.82) is 0 Å². The number of amides is 1. The summed E-state index contributed by atoms with van der Waals surface area (Å²) in [6.45, 7) is 8.64. The average Bonchev–Trinajstić information content (AvgIpc) is 2.37. The molecule has 20 heavy (non-hydrogen) atoms. The van der Waals surface area contributed by atoms with Crippen molar-refractivity contribution in [2.45, 2.75) is 32.9 Å². The molecule has 1 aromatic carbocycles. The van der Waals surface area contributed by atoms with E-state index in [1.165, 1.54) is 3.57 Å². The van der Waals surface area contributed by atoms with Crippen LogP contribution < -0.4 is 10.6 Å². The largest absolute Gasteiger partial charge is 0.325 e. The van der Waals surface area contributed by atoms with Gasteiger partial charge in [-0.15, -0.1) is 0 Å². The molecule has 110 valence electrons. The summed E-state index contributed by atoms with van der Waals surface area (Å²) in [7, 11) is 0. The zero-order valence-electron chi connectivity index (χ0n) is 12.2. The zero-order valence-corrected chi connectivity index (χ0v) is 14.4. The maximum atomic E-state index is 12.2. The third-order valence-corrected chi connectivity index (χ3v) is 4.37. The minimum Gasteiger partial charge on any atom is -0.325 e. The van der Waals surface area contributed by atoms with Crippen LogP contribution in [0.1, 0.15) is 19.4 Å². The van der Waals surface area contributed by atoms with E-state index in [-0.39, 0.29) is 5.91 Å². The molecule has 2 N–H and O–H groups in total. The molecule has 0 radical (unpaired) electrons. The monoisotopic (exact) mass is 387 g/mol. The number of nitrogens with zero attached hydrogens (tertiary/aromatic N) is 1. The maximum absolute atomic E-state index is 12.2. The van der Waals surface area contributed by atoms with E-state index >= 15 is 0 Å². The quantitative estimate of drug-likeness (QED) is 0.782. The number of rotatable bonds is 3. The molecule has 5 heteroatoms. The minimum atomic E-state index is 0.0651. The Balaban J connectivity index is 1.94. The van der Waals surface area contributed by atoms with Crippen molar-refractivity contribution in [3.63, 3.8) is 0 Å². The van der Waals surface area contributed by atoms with Gasteiger partial charge in [0.15, 0.2) is 0 Å². The summed E-state index contributed by atoms with van der Waals surface area (Å²) < 4.78 is 1.18. The summed E-state index contributed by atoms with van der Waals surface area (Å²) in [4.78, 5) is 14.4. The van der Waals surface area contributed by atoms with Crippen LogP contribution in [0.2, 0.25) is 0 Å². The molecule has 0 bridgehead atoms. The van der Waals surface area contributed by atoms with Crippen molar-refractivity contribution in [3.8, 4) is 0 Å². The second kappa shape index (κ2) is 6.87.